The molecule has 23 heteroatoms. The third kappa shape index (κ3) is 26.2. The number of amides is 3. The molecule has 3 amide bonds. The predicted octanol–water partition coefficient (Wildman–Crippen LogP) is 13.2. The number of rotatable bonds is 21. The van der Waals surface area contributed by atoms with Crippen molar-refractivity contribution in [1.29, 1.82) is 0 Å². The van der Waals surface area contributed by atoms with E-state index >= 15 is 0 Å². The Balaban J connectivity index is 0.000000223. The number of ketones is 6. The number of benzene rings is 7. The molecule has 0 radical (unpaired) electrons. The predicted molar refractivity (Wildman–Crippen MR) is 409 cm³/mol. The lowest BCUT2D eigenvalue weighted by molar-refractivity contribution is -0.127. The van der Waals surface area contributed by atoms with Crippen LogP contribution in [-0.4, -0.2) is 115 Å². The van der Waals surface area contributed by atoms with E-state index in [1.807, 2.05) is 126 Å². The molecule has 564 valence electrons. The number of nitrogens with two attached hydrogens (primary N) is 1. The van der Waals surface area contributed by atoms with Crippen molar-refractivity contribution in [3.63, 3.8) is 0 Å². The van der Waals surface area contributed by atoms with Crippen LogP contribution in [0.15, 0.2) is 204 Å². The van der Waals surface area contributed by atoms with E-state index in [9.17, 15) is 60.0 Å². The zero-order valence-electron chi connectivity index (χ0n) is 62.6. The van der Waals surface area contributed by atoms with E-state index in [2.05, 4.69) is 39.9 Å². The molecule has 2 atom stereocenters. The van der Waals surface area contributed by atoms with E-state index in [1.54, 1.807) is 116 Å². The van der Waals surface area contributed by atoms with Crippen LogP contribution in [-0.2, 0) is 50.3 Å². The standard InChI is InChI=1S/C18H20O.C13H13NO3.C13H13NO.C12H14O3.C10H13NO3S.C9H12O2S.C8H14N2O3/c1-14(2)18(19)13-17(15-9-5-3-6-10-15)16-11-7-4-8-12-16;1-8(2)11(15)7-14-12(16)9-5-3-4-6-10(9)13(14)17;1-9(2)13(15)12-8-7-10-5-3-4-6-11(10)14-12;1-8(2)10(13)5-9-3-4-11-12(6-9)15-7-14-11;1-7(2)10(12)8-3-5-9(6-4-8)15(11,13)14;1-8(2)12(10,11)9-6-4-3-5-7-9;1-4(2)6(11)3-5-7(12)10-8(13)9-5/h3-12,14,17H,13H2,1-2H3;3-6,8H,7H2,1-2H3;3-9H,1-2H3;3-4,6,8H,5,7H2,1-2H3;3-7H,1-2H3,(H2,11,13,14);3-8H,1-2H3;4-5,8-9,13H,3H2,1-2H3,(H,10,12). The summed E-state index contributed by atoms with van der Waals surface area (Å²) in [4.78, 5) is 110. The number of ether oxygens (including phenoxy) is 2. The summed E-state index contributed by atoms with van der Waals surface area (Å²) >= 11 is 0. The van der Waals surface area contributed by atoms with Crippen LogP contribution in [0.25, 0.3) is 10.9 Å². The molecular formula is C83H99N5O16S2. The number of nitrogens with one attached hydrogen (secondary N) is 2. The average molecular weight is 1490 g/mol. The Hall–Kier alpha value is -10.0. The van der Waals surface area contributed by atoms with Gasteiger partial charge in [-0.2, -0.15) is 0 Å². The maximum Gasteiger partial charge on any atom is 0.261 e. The highest BCUT2D eigenvalue weighted by Gasteiger charge is 2.37. The Morgan fingerprint density at radius 3 is 1.47 bits per heavy atom. The maximum absolute atomic E-state index is 12.1. The third-order valence-corrected chi connectivity index (χ3v) is 19.9. The average Bonchev–Trinajstić information content (AvgIpc) is 1.63. The van der Waals surface area contributed by atoms with E-state index < -0.39 is 32.3 Å². The lowest BCUT2D eigenvalue weighted by atomic mass is 9.85. The number of imide groups is 1. The Morgan fingerprint density at radius 1 is 0.519 bits per heavy atom. The Labute approximate surface area is 623 Å². The first-order valence-electron chi connectivity index (χ1n) is 35.1. The molecule has 0 saturated carbocycles. The third-order valence-electron chi connectivity index (χ3n) is 16.8. The molecule has 3 aliphatic heterocycles. The van der Waals surface area contributed by atoms with Gasteiger partial charge in [-0.1, -0.05) is 217 Å². The van der Waals surface area contributed by atoms with E-state index in [0.29, 0.717) is 45.9 Å². The number of hydrogen-bond acceptors (Lipinski definition) is 18. The highest BCUT2D eigenvalue weighted by molar-refractivity contribution is 7.92. The van der Waals surface area contributed by atoms with Crippen molar-refractivity contribution in [2.75, 3.05) is 13.3 Å². The van der Waals surface area contributed by atoms with Crippen molar-refractivity contribution in [2.24, 2.45) is 40.6 Å². The zero-order valence-corrected chi connectivity index (χ0v) is 64.3. The van der Waals surface area contributed by atoms with Gasteiger partial charge in [-0.3, -0.25) is 53.4 Å². The fraction of sp³-hybridized carbons (Fsp3) is 0.349. The lowest BCUT2D eigenvalue weighted by Gasteiger charge is -2.18. The van der Waals surface area contributed by atoms with E-state index in [4.69, 9.17) is 19.7 Å². The number of nitrogens with zero attached hydrogens (tertiary/aromatic N) is 2. The zero-order chi connectivity index (χ0) is 78.8. The maximum atomic E-state index is 12.1. The second-order valence-corrected chi connectivity index (χ2v) is 31.5. The Morgan fingerprint density at radius 2 is 1.00 bits per heavy atom. The van der Waals surface area contributed by atoms with Crippen molar-refractivity contribution in [3.8, 4) is 11.5 Å². The highest BCUT2D eigenvalue weighted by Crippen LogP contribution is 2.33. The molecular weight excluding hydrogens is 1390 g/mol. The van der Waals surface area contributed by atoms with Crippen molar-refractivity contribution in [2.45, 2.75) is 150 Å². The van der Waals surface area contributed by atoms with Gasteiger partial charge in [-0.15, -0.1) is 0 Å². The molecule has 1 fully saturated rings. The largest absolute Gasteiger partial charge is 0.454 e. The number of pyridine rings is 1. The van der Waals surface area contributed by atoms with Gasteiger partial charge < -0.3 is 19.9 Å². The van der Waals surface area contributed by atoms with Crippen LogP contribution in [0, 0.1) is 35.5 Å². The number of hydrogen-bond donors (Lipinski definition) is 4. The van der Waals surface area contributed by atoms with Gasteiger partial charge >= 0.3 is 0 Å². The van der Waals surface area contributed by atoms with Gasteiger partial charge in [0.1, 0.15) is 23.0 Å². The van der Waals surface area contributed by atoms with E-state index in [-0.39, 0.29) is 118 Å². The first-order chi connectivity index (χ1) is 49.9. The lowest BCUT2D eigenvalue weighted by Crippen LogP contribution is -2.36. The summed E-state index contributed by atoms with van der Waals surface area (Å²) in [5.74, 6) is 0.948. The van der Waals surface area contributed by atoms with Gasteiger partial charge in [-0.25, -0.2) is 27.0 Å². The van der Waals surface area contributed by atoms with Gasteiger partial charge in [0, 0.05) is 71.6 Å². The molecule has 1 saturated heterocycles. The van der Waals surface area contributed by atoms with Crippen molar-refractivity contribution >= 4 is 83.2 Å². The number of fused-ring (bicyclic) bond motifs is 3. The summed E-state index contributed by atoms with van der Waals surface area (Å²) in [6, 6.07) is 57.9. The number of primary sulfonamides is 1. The second-order valence-electron chi connectivity index (χ2n) is 27.4. The van der Waals surface area contributed by atoms with E-state index in [0.717, 1.165) is 32.9 Å². The summed E-state index contributed by atoms with van der Waals surface area (Å²) in [6.45, 7) is 25.7. The number of Topliss-reactive ketones (excluding diaryl/α,β-unsaturated/α-hetero) is 6. The Kier molecular flexibility index (Phi) is 33.5. The van der Waals surface area contributed by atoms with Gasteiger partial charge in [0.2, 0.25) is 22.7 Å². The molecule has 0 aliphatic carbocycles. The molecule has 21 nitrogen and oxygen atoms in total. The minimum Gasteiger partial charge on any atom is -0.454 e. The summed E-state index contributed by atoms with van der Waals surface area (Å²) in [6.07, 6.45) is 0.165. The number of sulfone groups is 1. The topological polar surface area (TPSA) is 327 Å². The fourth-order valence-corrected chi connectivity index (χ4v) is 11.7. The number of aliphatic hydroxyl groups excluding tert-OH is 1. The summed E-state index contributed by atoms with van der Waals surface area (Å²) in [5.41, 5.74) is 6.11. The van der Waals surface area contributed by atoms with Gasteiger partial charge in [-0.05, 0) is 91.2 Å². The molecule has 1 aromatic heterocycles. The monoisotopic (exact) mass is 1490 g/mol. The normalized spacial score (nSPS) is 14.1. The van der Waals surface area contributed by atoms with Gasteiger partial charge in [0.05, 0.1) is 44.3 Å². The van der Waals surface area contributed by atoms with Gasteiger partial charge in [0.15, 0.2) is 45.0 Å². The van der Waals surface area contributed by atoms with Crippen molar-refractivity contribution in [1.82, 2.24) is 20.5 Å². The van der Waals surface area contributed by atoms with Crippen molar-refractivity contribution < 1.29 is 74.6 Å². The van der Waals surface area contributed by atoms with Gasteiger partial charge in [0.25, 0.3) is 11.8 Å². The molecule has 0 spiro atoms. The summed E-state index contributed by atoms with van der Waals surface area (Å²) in [7, 11) is -6.75. The highest BCUT2D eigenvalue weighted by atomic mass is 32.2. The van der Waals surface area contributed by atoms with Crippen LogP contribution in [0.5, 0.6) is 11.5 Å². The van der Waals surface area contributed by atoms with Crippen LogP contribution >= 0.6 is 0 Å². The fourth-order valence-electron chi connectivity index (χ4n) is 10.1. The molecule has 5 N–H and O–H groups in total. The minimum absolute atomic E-state index is 0.00124. The van der Waals surface area contributed by atoms with Crippen LogP contribution in [0.4, 0.5) is 0 Å². The number of sulfonamides is 1. The first kappa shape index (κ1) is 86.6. The van der Waals surface area contributed by atoms with E-state index in [1.165, 1.54) is 35.4 Å². The van der Waals surface area contributed by atoms with Crippen molar-refractivity contribution in [3.05, 3.63) is 233 Å². The minimum atomic E-state index is -3.68. The number of carbonyl (C=O) groups excluding carboxylic acids is 9. The van der Waals surface area contributed by atoms with Crippen LogP contribution < -0.4 is 25.2 Å². The second kappa shape index (κ2) is 41.0. The van der Waals surface area contributed by atoms with Crippen LogP contribution in [0.3, 0.4) is 0 Å². The van der Waals surface area contributed by atoms with Crippen LogP contribution in [0.1, 0.15) is 174 Å². The smallest absolute Gasteiger partial charge is 0.261 e. The number of aliphatic hydroxyl groups is 1. The summed E-state index contributed by atoms with van der Waals surface area (Å²) < 4.78 is 55.4. The number of aromatic nitrogens is 1. The molecule has 106 heavy (non-hydrogen) atoms. The molecule has 2 unspecified atom stereocenters. The number of para-hydroxylation sites is 1. The molecule has 3 aliphatic rings. The Bertz CT molecular complexity index is 4470. The molecule has 8 aromatic rings. The molecule has 7 aromatic carbocycles. The summed E-state index contributed by atoms with van der Waals surface area (Å²) in [5, 5.41) is 19.4. The molecule has 4 heterocycles. The van der Waals surface area contributed by atoms with Crippen LogP contribution in [0.2, 0.25) is 0 Å². The quantitative estimate of drug-likeness (QED) is 0.0383. The molecule has 0 bridgehead atoms. The first-order valence-corrected chi connectivity index (χ1v) is 38.2. The SMILES string of the molecule is CC(C)C(=O)CC(c1ccccc1)c1ccccc1.CC(C)C(=O)CC1NC(O)NC1=O.CC(C)C(=O)CN1C(=O)c2ccccc2C1=O.CC(C)C(=O)Cc1ccc2c(c1)OCO2.CC(C)C(=O)c1ccc(S(N)(=O)=O)cc1.CC(C)C(=O)c1ccc2ccccc2n1.CC(C)S(=O)(=O)c1ccccc1. The number of carbonyl (C=O) groups is 9. The molecule has 11 rings (SSSR count).